The zero-order valence-corrected chi connectivity index (χ0v) is 9.45. The Bertz CT molecular complexity index is 330. The van der Waals surface area contributed by atoms with Gasteiger partial charge in [-0.2, -0.15) is 0 Å². The van der Waals surface area contributed by atoms with Crippen LogP contribution in [0.25, 0.3) is 0 Å². The zero-order chi connectivity index (χ0) is 14.8. The molecule has 0 aromatic carbocycles. The highest BCUT2D eigenvalue weighted by molar-refractivity contribution is 5.47. The fraction of sp³-hybridized carbons (Fsp3) is 0.917. The standard InChI is InChI=1S/C12H22N2O2/c15-10-14-7-3-11(4-8-14)9-16-12-1-5-13-6-2-12/h10-13H,1-9H2/i5D2,6D2. The van der Waals surface area contributed by atoms with Gasteiger partial charge in [-0.05, 0) is 44.6 Å². The molecule has 0 aromatic rings. The molecule has 0 atom stereocenters. The minimum atomic E-state index is -1.73. The molecule has 0 bridgehead atoms. The molecule has 0 unspecified atom stereocenters. The van der Waals surface area contributed by atoms with Crippen molar-refractivity contribution in [1.82, 2.24) is 10.2 Å². The SMILES string of the molecule is [2H]C1([2H])CC(OCC2CCN(C=O)CC2)CC([2H])([2H])N1. The molecule has 92 valence electrons. The summed E-state index contributed by atoms with van der Waals surface area (Å²) < 4.78 is 36.4. The molecule has 2 rings (SSSR count). The van der Waals surface area contributed by atoms with Gasteiger partial charge in [-0.3, -0.25) is 4.79 Å². The fourth-order valence-electron chi connectivity index (χ4n) is 2.08. The van der Waals surface area contributed by atoms with Gasteiger partial charge in [0.1, 0.15) is 0 Å². The van der Waals surface area contributed by atoms with Crippen LogP contribution < -0.4 is 5.32 Å². The second kappa shape index (κ2) is 6.21. The first-order valence-corrected chi connectivity index (χ1v) is 5.90. The molecule has 0 saturated carbocycles. The van der Waals surface area contributed by atoms with Crippen LogP contribution >= 0.6 is 0 Å². The van der Waals surface area contributed by atoms with Crippen molar-refractivity contribution in [2.75, 3.05) is 32.7 Å². The van der Waals surface area contributed by atoms with E-state index < -0.39 is 19.1 Å². The van der Waals surface area contributed by atoms with Gasteiger partial charge in [0.25, 0.3) is 0 Å². The predicted molar refractivity (Wildman–Crippen MR) is 62.2 cm³/mol. The molecule has 2 aliphatic rings. The van der Waals surface area contributed by atoms with Crippen LogP contribution in [0.15, 0.2) is 0 Å². The summed E-state index contributed by atoms with van der Waals surface area (Å²) in [5.74, 6) is 0.373. The van der Waals surface area contributed by atoms with Crippen molar-refractivity contribution in [1.29, 1.82) is 0 Å². The number of nitrogens with zero attached hydrogens (tertiary/aromatic N) is 1. The summed E-state index contributed by atoms with van der Waals surface area (Å²) in [6, 6.07) is 0. The molecule has 4 heteroatoms. The average Bonchev–Trinajstić information content (AvgIpc) is 2.33. The number of ether oxygens (including phenoxy) is 1. The molecular formula is C12H22N2O2. The van der Waals surface area contributed by atoms with Crippen LogP contribution in [0.3, 0.4) is 0 Å². The summed E-state index contributed by atoms with van der Waals surface area (Å²) in [6.45, 7) is -1.46. The van der Waals surface area contributed by atoms with Crippen molar-refractivity contribution < 1.29 is 15.0 Å². The van der Waals surface area contributed by atoms with Crippen molar-refractivity contribution in [2.24, 2.45) is 5.92 Å². The van der Waals surface area contributed by atoms with Gasteiger partial charge in [0.15, 0.2) is 0 Å². The molecule has 0 aliphatic carbocycles. The van der Waals surface area contributed by atoms with Gasteiger partial charge < -0.3 is 15.0 Å². The van der Waals surface area contributed by atoms with E-state index in [-0.39, 0.29) is 12.8 Å². The number of carbonyl (C=O) groups excluding carboxylic acids is 1. The van der Waals surface area contributed by atoms with E-state index in [1.807, 2.05) is 0 Å². The molecule has 1 N–H and O–H groups in total. The van der Waals surface area contributed by atoms with Crippen LogP contribution in [0, 0.1) is 5.92 Å². The van der Waals surface area contributed by atoms with E-state index >= 15 is 0 Å². The van der Waals surface area contributed by atoms with E-state index in [2.05, 4.69) is 5.32 Å². The first-order valence-electron chi connectivity index (χ1n) is 7.90. The molecule has 16 heavy (non-hydrogen) atoms. The van der Waals surface area contributed by atoms with E-state index in [0.717, 1.165) is 32.3 Å². The van der Waals surface area contributed by atoms with Gasteiger partial charge in [0.2, 0.25) is 6.41 Å². The van der Waals surface area contributed by atoms with Crippen LogP contribution in [0.4, 0.5) is 0 Å². The highest BCUT2D eigenvalue weighted by atomic mass is 16.5. The third kappa shape index (κ3) is 3.46. The quantitative estimate of drug-likeness (QED) is 0.720. The van der Waals surface area contributed by atoms with Crippen molar-refractivity contribution in [2.45, 2.75) is 31.8 Å². The summed E-state index contributed by atoms with van der Waals surface area (Å²) in [5, 5.41) is 2.35. The second-order valence-corrected chi connectivity index (χ2v) is 4.43. The van der Waals surface area contributed by atoms with E-state index in [0.29, 0.717) is 12.5 Å². The lowest BCUT2D eigenvalue weighted by Crippen LogP contribution is -2.36. The van der Waals surface area contributed by atoms with E-state index in [9.17, 15) is 4.79 Å². The largest absolute Gasteiger partial charge is 0.378 e. The molecule has 1 amide bonds. The van der Waals surface area contributed by atoms with E-state index in [1.165, 1.54) is 0 Å². The van der Waals surface area contributed by atoms with Gasteiger partial charge in [-0.25, -0.2) is 0 Å². The maximum Gasteiger partial charge on any atom is 0.209 e. The van der Waals surface area contributed by atoms with Crippen LogP contribution in [0.5, 0.6) is 0 Å². The van der Waals surface area contributed by atoms with Gasteiger partial charge >= 0.3 is 0 Å². The smallest absolute Gasteiger partial charge is 0.209 e. The highest BCUT2D eigenvalue weighted by Crippen LogP contribution is 2.18. The number of piperidine rings is 2. The lowest BCUT2D eigenvalue weighted by Gasteiger charge is -2.31. The van der Waals surface area contributed by atoms with Gasteiger partial charge in [-0.1, -0.05) is 0 Å². The molecule has 2 aliphatic heterocycles. The first-order chi connectivity index (χ1) is 9.30. The third-order valence-electron chi connectivity index (χ3n) is 3.20. The topological polar surface area (TPSA) is 41.6 Å². The van der Waals surface area contributed by atoms with Crippen LogP contribution in [0.2, 0.25) is 0 Å². The minimum absolute atomic E-state index is 0.166. The number of likely N-dealkylation sites (tertiary alicyclic amines) is 1. The molecule has 0 aromatic heterocycles. The Balaban J connectivity index is 1.78. The molecule has 4 nitrogen and oxygen atoms in total. The third-order valence-corrected chi connectivity index (χ3v) is 3.20. The van der Waals surface area contributed by atoms with Crippen LogP contribution in [0.1, 0.15) is 31.2 Å². The number of nitrogens with one attached hydrogen (secondary N) is 1. The second-order valence-electron chi connectivity index (χ2n) is 4.43. The lowest BCUT2D eigenvalue weighted by atomic mass is 9.98. The molecule has 2 fully saturated rings. The van der Waals surface area contributed by atoms with Crippen molar-refractivity contribution in [3.63, 3.8) is 0 Å². The molecule has 2 saturated heterocycles. The lowest BCUT2D eigenvalue weighted by molar-refractivity contribution is -0.119. The molecule has 0 spiro atoms. The molecule has 0 radical (unpaired) electrons. The summed E-state index contributed by atoms with van der Waals surface area (Å²) in [5.41, 5.74) is 0. The van der Waals surface area contributed by atoms with E-state index in [4.69, 9.17) is 10.2 Å². The Kier molecular flexibility index (Phi) is 2.97. The Morgan fingerprint density at radius 2 is 2.00 bits per heavy atom. The fourth-order valence-corrected chi connectivity index (χ4v) is 2.08. The maximum atomic E-state index is 10.6. The molecular weight excluding hydrogens is 204 g/mol. The van der Waals surface area contributed by atoms with Gasteiger partial charge in [0.05, 0.1) is 6.10 Å². The van der Waals surface area contributed by atoms with E-state index in [1.54, 1.807) is 4.90 Å². The zero-order valence-electron chi connectivity index (χ0n) is 13.4. The number of rotatable bonds is 4. The van der Waals surface area contributed by atoms with Gasteiger partial charge in [0, 0.05) is 25.2 Å². The number of carbonyl (C=O) groups is 1. The predicted octanol–water partition coefficient (Wildman–Crippen LogP) is 0.623. The maximum absolute atomic E-state index is 10.6. The number of amides is 1. The Morgan fingerprint density at radius 1 is 1.31 bits per heavy atom. The Labute approximate surface area is 103 Å². The normalized spacial score (nSPS) is 34.6. The van der Waals surface area contributed by atoms with Crippen LogP contribution in [-0.2, 0) is 9.53 Å². The monoisotopic (exact) mass is 230 g/mol. The Morgan fingerprint density at radius 3 is 2.62 bits per heavy atom. The van der Waals surface area contributed by atoms with Crippen LogP contribution in [-0.4, -0.2) is 50.1 Å². The summed E-state index contributed by atoms with van der Waals surface area (Å²) in [6.07, 6.45) is 2.59. The summed E-state index contributed by atoms with van der Waals surface area (Å²) >= 11 is 0. The summed E-state index contributed by atoms with van der Waals surface area (Å²) in [7, 11) is 0. The molecule has 2 heterocycles. The van der Waals surface area contributed by atoms with Crippen molar-refractivity contribution in [3.8, 4) is 0 Å². The number of hydrogen-bond acceptors (Lipinski definition) is 3. The van der Waals surface area contributed by atoms with Crippen molar-refractivity contribution >= 4 is 6.41 Å². The highest BCUT2D eigenvalue weighted by Gasteiger charge is 2.20. The van der Waals surface area contributed by atoms with Crippen molar-refractivity contribution in [3.05, 3.63) is 0 Å². The number of hydrogen-bond donors (Lipinski definition) is 1. The first kappa shape index (κ1) is 7.67. The summed E-state index contributed by atoms with van der Waals surface area (Å²) in [4.78, 5) is 12.4. The minimum Gasteiger partial charge on any atom is -0.378 e. The van der Waals surface area contributed by atoms with Gasteiger partial charge in [-0.15, -0.1) is 0 Å². The average molecular weight is 230 g/mol. The Hall–Kier alpha value is -0.610.